The fraction of sp³-hybridized carbons (Fsp3) is 0.700. The zero-order valence-corrected chi connectivity index (χ0v) is 11.1. The Kier molecular flexibility index (Phi) is 6.39. The molecule has 1 aromatic heterocycles. The lowest BCUT2D eigenvalue weighted by molar-refractivity contribution is 0.0946. The highest BCUT2D eigenvalue weighted by Gasteiger charge is 2.13. The van der Waals surface area contributed by atoms with Crippen molar-refractivity contribution in [2.24, 2.45) is 5.92 Å². The summed E-state index contributed by atoms with van der Waals surface area (Å²) >= 11 is 1.06. The standard InChI is InChI=1S/C10H16N4OS.ClH/c15-10(9-7-13-16-14-9)12-5-3-8-2-1-4-11-6-8;/h7-8,11H,1-6H2,(H,12,15);1H. The maximum Gasteiger partial charge on any atom is 0.272 e. The van der Waals surface area contributed by atoms with E-state index < -0.39 is 0 Å². The van der Waals surface area contributed by atoms with Gasteiger partial charge in [0.05, 0.1) is 17.9 Å². The summed E-state index contributed by atoms with van der Waals surface area (Å²) in [5.41, 5.74) is 0.423. The Hall–Kier alpha value is -0.720. The van der Waals surface area contributed by atoms with Crippen molar-refractivity contribution in [1.82, 2.24) is 19.4 Å². The highest BCUT2D eigenvalue weighted by molar-refractivity contribution is 6.99. The molecule has 1 atom stereocenters. The van der Waals surface area contributed by atoms with Crippen LogP contribution in [0.2, 0.25) is 0 Å². The minimum absolute atomic E-state index is 0. The van der Waals surface area contributed by atoms with E-state index in [4.69, 9.17) is 0 Å². The second-order valence-electron chi connectivity index (χ2n) is 4.05. The zero-order valence-electron chi connectivity index (χ0n) is 9.52. The predicted molar refractivity (Wildman–Crippen MR) is 69.7 cm³/mol. The molecule has 1 saturated heterocycles. The summed E-state index contributed by atoms with van der Waals surface area (Å²) in [6, 6.07) is 0. The lowest BCUT2D eigenvalue weighted by Gasteiger charge is -2.22. The van der Waals surface area contributed by atoms with Crippen LogP contribution in [0.3, 0.4) is 0 Å². The molecule has 1 fully saturated rings. The molecule has 0 aliphatic carbocycles. The van der Waals surface area contributed by atoms with Gasteiger partial charge in [0.25, 0.3) is 5.91 Å². The number of aromatic nitrogens is 2. The molecule has 1 unspecified atom stereocenters. The second kappa shape index (κ2) is 7.58. The molecule has 7 heteroatoms. The van der Waals surface area contributed by atoms with Gasteiger partial charge < -0.3 is 10.6 Å². The van der Waals surface area contributed by atoms with Crippen molar-refractivity contribution in [3.8, 4) is 0 Å². The van der Waals surface area contributed by atoms with Crippen molar-refractivity contribution >= 4 is 30.0 Å². The number of nitrogens with zero attached hydrogens (tertiary/aromatic N) is 2. The van der Waals surface area contributed by atoms with E-state index in [1.165, 1.54) is 19.0 Å². The minimum Gasteiger partial charge on any atom is -0.351 e. The van der Waals surface area contributed by atoms with Gasteiger partial charge in [-0.2, -0.15) is 8.75 Å². The highest BCUT2D eigenvalue weighted by Crippen LogP contribution is 2.12. The van der Waals surface area contributed by atoms with Gasteiger partial charge in [0.2, 0.25) is 0 Å². The summed E-state index contributed by atoms with van der Waals surface area (Å²) in [5, 5.41) is 6.24. The Balaban J connectivity index is 0.00000144. The molecule has 0 bridgehead atoms. The van der Waals surface area contributed by atoms with Gasteiger partial charge >= 0.3 is 0 Å². The second-order valence-corrected chi connectivity index (χ2v) is 4.61. The van der Waals surface area contributed by atoms with Crippen LogP contribution in [0.15, 0.2) is 6.20 Å². The van der Waals surface area contributed by atoms with Crippen molar-refractivity contribution in [1.29, 1.82) is 0 Å². The number of carbonyl (C=O) groups is 1. The molecule has 1 aromatic rings. The number of rotatable bonds is 4. The minimum atomic E-state index is -0.113. The lowest BCUT2D eigenvalue weighted by atomic mass is 9.96. The molecule has 0 saturated carbocycles. The largest absolute Gasteiger partial charge is 0.351 e. The Bertz CT molecular complexity index is 327. The van der Waals surface area contributed by atoms with Gasteiger partial charge in [-0.25, -0.2) is 0 Å². The molecule has 0 radical (unpaired) electrons. The SMILES string of the molecule is Cl.O=C(NCCC1CCCNC1)c1cnsn1. The Morgan fingerprint density at radius 3 is 3.18 bits per heavy atom. The number of hydrogen-bond donors (Lipinski definition) is 2. The molecule has 1 aliphatic rings. The van der Waals surface area contributed by atoms with Crippen LogP contribution in [0.5, 0.6) is 0 Å². The first-order chi connectivity index (χ1) is 7.86. The van der Waals surface area contributed by atoms with Crippen LogP contribution in [0.4, 0.5) is 0 Å². The van der Waals surface area contributed by atoms with Crippen LogP contribution in [0.1, 0.15) is 29.8 Å². The van der Waals surface area contributed by atoms with Crippen LogP contribution >= 0.6 is 24.1 Å². The summed E-state index contributed by atoms with van der Waals surface area (Å²) in [6.07, 6.45) is 5.05. The van der Waals surface area contributed by atoms with Gasteiger partial charge in [-0.3, -0.25) is 4.79 Å². The van der Waals surface area contributed by atoms with E-state index in [1.807, 2.05) is 0 Å². The molecule has 0 spiro atoms. The first-order valence-corrected chi connectivity index (χ1v) is 6.36. The molecular weight excluding hydrogens is 260 g/mol. The summed E-state index contributed by atoms with van der Waals surface area (Å²) in [5.74, 6) is 0.583. The van der Waals surface area contributed by atoms with Gasteiger partial charge in [0.1, 0.15) is 0 Å². The van der Waals surface area contributed by atoms with Gasteiger partial charge in [0.15, 0.2) is 5.69 Å². The Morgan fingerprint density at radius 1 is 1.65 bits per heavy atom. The van der Waals surface area contributed by atoms with E-state index in [0.29, 0.717) is 11.6 Å². The summed E-state index contributed by atoms with van der Waals surface area (Å²) in [7, 11) is 0. The highest BCUT2D eigenvalue weighted by atomic mass is 35.5. The third-order valence-electron chi connectivity index (χ3n) is 2.83. The normalized spacial score (nSPS) is 19.4. The smallest absolute Gasteiger partial charge is 0.272 e. The number of hydrogen-bond acceptors (Lipinski definition) is 5. The summed E-state index contributed by atoms with van der Waals surface area (Å²) in [4.78, 5) is 11.5. The third kappa shape index (κ3) is 4.57. The number of amides is 1. The number of nitrogens with one attached hydrogen (secondary N) is 2. The van der Waals surface area contributed by atoms with Crippen LogP contribution < -0.4 is 10.6 Å². The topological polar surface area (TPSA) is 66.9 Å². The molecule has 17 heavy (non-hydrogen) atoms. The lowest BCUT2D eigenvalue weighted by Crippen LogP contribution is -2.33. The van der Waals surface area contributed by atoms with Gasteiger partial charge in [-0.15, -0.1) is 12.4 Å². The van der Waals surface area contributed by atoms with Crippen molar-refractivity contribution in [2.45, 2.75) is 19.3 Å². The molecule has 1 aliphatic heterocycles. The molecule has 5 nitrogen and oxygen atoms in total. The summed E-state index contributed by atoms with van der Waals surface area (Å²) in [6.45, 7) is 2.93. The van der Waals surface area contributed by atoms with Crippen LogP contribution in [-0.2, 0) is 0 Å². The third-order valence-corrected chi connectivity index (χ3v) is 3.31. The monoisotopic (exact) mass is 276 g/mol. The summed E-state index contributed by atoms with van der Waals surface area (Å²) < 4.78 is 7.69. The molecule has 96 valence electrons. The maximum atomic E-state index is 11.5. The molecule has 2 rings (SSSR count). The Labute approximate surface area is 111 Å². The number of carbonyl (C=O) groups excluding carboxylic acids is 1. The predicted octanol–water partition coefficient (Wildman–Crippen LogP) is 1.08. The van der Waals surface area contributed by atoms with Crippen molar-refractivity contribution in [3.05, 3.63) is 11.9 Å². The Morgan fingerprint density at radius 2 is 2.53 bits per heavy atom. The average molecular weight is 277 g/mol. The van der Waals surface area contributed by atoms with E-state index in [2.05, 4.69) is 19.4 Å². The van der Waals surface area contributed by atoms with Crippen LogP contribution in [0.25, 0.3) is 0 Å². The first kappa shape index (κ1) is 14.3. The van der Waals surface area contributed by atoms with E-state index in [-0.39, 0.29) is 18.3 Å². The van der Waals surface area contributed by atoms with Crippen molar-refractivity contribution in [2.75, 3.05) is 19.6 Å². The molecule has 0 aromatic carbocycles. The fourth-order valence-electron chi connectivity index (χ4n) is 1.92. The van der Waals surface area contributed by atoms with Crippen LogP contribution in [-0.4, -0.2) is 34.3 Å². The number of halogens is 1. The van der Waals surface area contributed by atoms with Crippen molar-refractivity contribution < 1.29 is 4.79 Å². The fourth-order valence-corrected chi connectivity index (χ4v) is 2.33. The zero-order chi connectivity index (χ0) is 11.2. The van der Waals surface area contributed by atoms with E-state index in [0.717, 1.165) is 37.8 Å². The molecule has 1 amide bonds. The number of piperidine rings is 1. The maximum absolute atomic E-state index is 11.5. The van der Waals surface area contributed by atoms with Gasteiger partial charge in [-0.1, -0.05) is 0 Å². The van der Waals surface area contributed by atoms with Gasteiger partial charge in [-0.05, 0) is 38.3 Å². The van der Waals surface area contributed by atoms with Gasteiger partial charge in [0, 0.05) is 6.54 Å². The van der Waals surface area contributed by atoms with Crippen LogP contribution in [0, 0.1) is 5.92 Å². The van der Waals surface area contributed by atoms with E-state index >= 15 is 0 Å². The molecule has 2 heterocycles. The van der Waals surface area contributed by atoms with E-state index in [9.17, 15) is 4.79 Å². The molecular formula is C10H17ClN4OS. The average Bonchev–Trinajstić information content (AvgIpc) is 2.84. The quantitative estimate of drug-likeness (QED) is 0.864. The molecule has 2 N–H and O–H groups in total. The first-order valence-electron chi connectivity index (χ1n) is 5.63. The van der Waals surface area contributed by atoms with Crippen molar-refractivity contribution in [3.63, 3.8) is 0 Å². The van der Waals surface area contributed by atoms with E-state index in [1.54, 1.807) is 0 Å².